The Kier molecular flexibility index (Phi) is 4.84. The van der Waals surface area contributed by atoms with Crippen molar-refractivity contribution in [2.75, 3.05) is 37.1 Å². The van der Waals surface area contributed by atoms with E-state index in [0.717, 1.165) is 11.4 Å². The van der Waals surface area contributed by atoms with E-state index in [9.17, 15) is 13.2 Å². The van der Waals surface area contributed by atoms with Gasteiger partial charge in [0.05, 0.1) is 18.6 Å². The summed E-state index contributed by atoms with van der Waals surface area (Å²) in [4.78, 5) is 13.8. The van der Waals surface area contributed by atoms with Crippen LogP contribution in [0, 0.1) is 0 Å². The van der Waals surface area contributed by atoms with Crippen LogP contribution in [-0.4, -0.2) is 52.6 Å². The molecule has 6 nitrogen and oxygen atoms in total. The van der Waals surface area contributed by atoms with Crippen molar-refractivity contribution >= 4 is 21.4 Å². The van der Waals surface area contributed by atoms with Gasteiger partial charge in [0.1, 0.15) is 5.75 Å². The summed E-state index contributed by atoms with van der Waals surface area (Å²) in [6.07, 6.45) is 0.168. The minimum absolute atomic E-state index is 0.0230. The number of amides is 1. The monoisotopic (exact) mass is 312 g/mol. The molecule has 1 N–H and O–H groups in total. The first kappa shape index (κ1) is 15.8. The van der Waals surface area contributed by atoms with E-state index in [0.29, 0.717) is 6.54 Å². The molecule has 1 heterocycles. The predicted molar refractivity (Wildman–Crippen MR) is 81.5 cm³/mol. The molecule has 0 spiro atoms. The molecule has 7 heteroatoms. The first-order valence-electron chi connectivity index (χ1n) is 6.76. The van der Waals surface area contributed by atoms with Gasteiger partial charge in [-0.3, -0.25) is 4.79 Å². The maximum atomic E-state index is 12.2. The highest BCUT2D eigenvalue weighted by molar-refractivity contribution is 7.91. The van der Waals surface area contributed by atoms with Gasteiger partial charge in [-0.15, -0.1) is 0 Å². The number of hydrogen-bond acceptors (Lipinski definition) is 5. The smallest absolute Gasteiger partial charge is 0.228 e. The summed E-state index contributed by atoms with van der Waals surface area (Å²) in [5, 5.41) is 3.08. The summed E-state index contributed by atoms with van der Waals surface area (Å²) in [6.45, 7) is 0.409. The van der Waals surface area contributed by atoms with Crippen LogP contribution in [0.3, 0.4) is 0 Å². The molecule has 1 aromatic carbocycles. The first-order chi connectivity index (χ1) is 9.91. The molecule has 2 rings (SSSR count). The molecule has 1 unspecified atom stereocenters. The van der Waals surface area contributed by atoms with E-state index in [-0.39, 0.29) is 29.9 Å². The SMILES string of the molecule is COc1ccc(N(C)C(=O)CC2CS(=O)(=O)CCN2)cc1. The zero-order chi connectivity index (χ0) is 15.5. The molecule has 1 amide bonds. The Morgan fingerprint density at radius 3 is 2.62 bits per heavy atom. The molecule has 1 aromatic rings. The number of benzene rings is 1. The number of methoxy groups -OCH3 is 1. The van der Waals surface area contributed by atoms with E-state index in [1.165, 1.54) is 4.90 Å². The van der Waals surface area contributed by atoms with Crippen molar-refractivity contribution in [2.45, 2.75) is 12.5 Å². The van der Waals surface area contributed by atoms with Crippen molar-refractivity contribution < 1.29 is 17.9 Å². The van der Waals surface area contributed by atoms with Gasteiger partial charge in [0, 0.05) is 31.7 Å². The van der Waals surface area contributed by atoms with Crippen LogP contribution in [0.4, 0.5) is 5.69 Å². The van der Waals surface area contributed by atoms with Crippen molar-refractivity contribution in [3.05, 3.63) is 24.3 Å². The van der Waals surface area contributed by atoms with Gasteiger partial charge in [0.25, 0.3) is 0 Å². The summed E-state index contributed by atoms with van der Waals surface area (Å²) in [5.74, 6) is 0.774. The maximum Gasteiger partial charge on any atom is 0.228 e. The number of sulfone groups is 1. The van der Waals surface area contributed by atoms with Crippen molar-refractivity contribution in [3.63, 3.8) is 0 Å². The highest BCUT2D eigenvalue weighted by Crippen LogP contribution is 2.19. The number of nitrogens with one attached hydrogen (secondary N) is 1. The fourth-order valence-electron chi connectivity index (χ4n) is 2.30. The van der Waals surface area contributed by atoms with Crippen LogP contribution in [0.5, 0.6) is 5.75 Å². The molecule has 1 fully saturated rings. The van der Waals surface area contributed by atoms with Gasteiger partial charge in [0.2, 0.25) is 5.91 Å². The molecule has 116 valence electrons. The summed E-state index contributed by atoms with van der Waals surface area (Å²) in [6, 6.07) is 6.84. The van der Waals surface area contributed by atoms with Crippen LogP contribution in [-0.2, 0) is 14.6 Å². The van der Waals surface area contributed by atoms with E-state index in [4.69, 9.17) is 4.74 Å². The lowest BCUT2D eigenvalue weighted by molar-refractivity contribution is -0.118. The van der Waals surface area contributed by atoms with Crippen molar-refractivity contribution in [3.8, 4) is 5.75 Å². The Hall–Kier alpha value is -1.60. The van der Waals surface area contributed by atoms with E-state index >= 15 is 0 Å². The Balaban J connectivity index is 1.98. The van der Waals surface area contributed by atoms with Gasteiger partial charge in [-0.05, 0) is 24.3 Å². The minimum Gasteiger partial charge on any atom is -0.497 e. The molecule has 0 aromatic heterocycles. The molecule has 1 saturated heterocycles. The second-order valence-corrected chi connectivity index (χ2v) is 7.35. The molecule has 1 aliphatic heterocycles. The van der Waals surface area contributed by atoms with Crippen LogP contribution in [0.25, 0.3) is 0 Å². The summed E-state index contributed by atoms with van der Waals surface area (Å²) < 4.78 is 28.2. The molecule has 0 bridgehead atoms. The number of ether oxygens (including phenoxy) is 1. The summed E-state index contributed by atoms with van der Waals surface area (Å²) >= 11 is 0. The Morgan fingerprint density at radius 1 is 1.38 bits per heavy atom. The predicted octanol–water partition coefficient (Wildman–Crippen LogP) is 0.435. The fraction of sp³-hybridized carbons (Fsp3) is 0.500. The van der Waals surface area contributed by atoms with E-state index in [1.54, 1.807) is 38.4 Å². The Morgan fingerprint density at radius 2 is 2.05 bits per heavy atom. The molecule has 1 aliphatic rings. The number of rotatable bonds is 4. The third kappa shape index (κ3) is 4.18. The molecular formula is C14H20N2O4S. The first-order valence-corrected chi connectivity index (χ1v) is 8.58. The summed E-state index contributed by atoms with van der Waals surface area (Å²) in [5.41, 5.74) is 0.750. The lowest BCUT2D eigenvalue weighted by Crippen LogP contribution is -2.47. The Bertz CT molecular complexity index is 598. The zero-order valence-electron chi connectivity index (χ0n) is 12.2. The topological polar surface area (TPSA) is 75.7 Å². The van der Waals surface area contributed by atoms with Crippen molar-refractivity contribution in [1.82, 2.24) is 5.32 Å². The van der Waals surface area contributed by atoms with Crippen molar-refractivity contribution in [2.24, 2.45) is 0 Å². The number of nitrogens with zero attached hydrogens (tertiary/aromatic N) is 1. The maximum absolute atomic E-state index is 12.2. The van der Waals surface area contributed by atoms with Crippen LogP contribution in [0.15, 0.2) is 24.3 Å². The second kappa shape index (κ2) is 6.44. The molecule has 21 heavy (non-hydrogen) atoms. The molecule has 0 radical (unpaired) electrons. The van der Waals surface area contributed by atoms with E-state index in [2.05, 4.69) is 5.32 Å². The Labute approximate surface area is 125 Å². The molecule has 0 aliphatic carbocycles. The van der Waals surface area contributed by atoms with Crippen LogP contribution < -0.4 is 15.0 Å². The molecular weight excluding hydrogens is 292 g/mol. The van der Waals surface area contributed by atoms with Gasteiger partial charge in [0.15, 0.2) is 9.84 Å². The van der Waals surface area contributed by atoms with Crippen molar-refractivity contribution in [1.29, 1.82) is 0 Å². The second-order valence-electron chi connectivity index (χ2n) is 5.12. The van der Waals surface area contributed by atoms with Gasteiger partial charge in [-0.2, -0.15) is 0 Å². The average molecular weight is 312 g/mol. The van der Waals surface area contributed by atoms with E-state index < -0.39 is 9.84 Å². The number of anilines is 1. The number of carbonyl (C=O) groups excluding carboxylic acids is 1. The van der Waals surface area contributed by atoms with Gasteiger partial charge >= 0.3 is 0 Å². The van der Waals surface area contributed by atoms with Crippen LogP contribution in [0.1, 0.15) is 6.42 Å². The molecule has 1 atom stereocenters. The number of carbonyl (C=O) groups is 1. The highest BCUT2D eigenvalue weighted by atomic mass is 32.2. The average Bonchev–Trinajstić information content (AvgIpc) is 2.45. The standard InChI is InChI=1S/C14H20N2O4S/c1-16(12-3-5-13(20-2)6-4-12)14(17)9-11-10-21(18,19)8-7-15-11/h3-6,11,15H,7-10H2,1-2H3. The van der Waals surface area contributed by atoms with Crippen LogP contribution >= 0.6 is 0 Å². The lowest BCUT2D eigenvalue weighted by atomic mass is 10.2. The largest absolute Gasteiger partial charge is 0.497 e. The number of hydrogen-bond donors (Lipinski definition) is 1. The third-order valence-corrected chi connectivity index (χ3v) is 5.29. The molecule has 0 saturated carbocycles. The van der Waals surface area contributed by atoms with E-state index in [1.807, 2.05) is 0 Å². The fourth-order valence-corrected chi connectivity index (χ4v) is 3.74. The summed E-state index contributed by atoms with van der Waals surface area (Å²) in [7, 11) is 0.238. The minimum atomic E-state index is -3.03. The lowest BCUT2D eigenvalue weighted by Gasteiger charge is -2.25. The normalized spacial score (nSPS) is 20.8. The van der Waals surface area contributed by atoms with Gasteiger partial charge in [-0.25, -0.2) is 8.42 Å². The quantitative estimate of drug-likeness (QED) is 0.873. The van der Waals surface area contributed by atoms with Gasteiger partial charge in [-0.1, -0.05) is 0 Å². The highest BCUT2D eigenvalue weighted by Gasteiger charge is 2.27. The van der Waals surface area contributed by atoms with Crippen LogP contribution in [0.2, 0.25) is 0 Å². The van der Waals surface area contributed by atoms with Gasteiger partial charge < -0.3 is 15.0 Å². The third-order valence-electron chi connectivity index (χ3n) is 3.56. The zero-order valence-corrected chi connectivity index (χ0v) is 13.0.